The van der Waals surface area contributed by atoms with Gasteiger partial charge in [0.25, 0.3) is 5.91 Å². The molecule has 4 rings (SSSR count). The Kier molecular flexibility index (Phi) is 6.64. The van der Waals surface area contributed by atoms with Crippen LogP contribution in [0, 0.1) is 0 Å². The number of hydrogen-bond donors (Lipinski definition) is 2. The number of benzene rings is 2. The van der Waals surface area contributed by atoms with Gasteiger partial charge in [-0.05, 0) is 55.8 Å². The predicted octanol–water partition coefficient (Wildman–Crippen LogP) is 3.83. The number of likely N-dealkylation sites (tertiary alicyclic amines) is 1. The number of nitrogens with zero attached hydrogens (tertiary/aromatic N) is 3. The summed E-state index contributed by atoms with van der Waals surface area (Å²) in [4.78, 5) is 22.8. The van der Waals surface area contributed by atoms with E-state index in [1.54, 1.807) is 12.1 Å². The summed E-state index contributed by atoms with van der Waals surface area (Å²) in [6.07, 6.45) is -0.705. The lowest BCUT2D eigenvalue weighted by Crippen LogP contribution is -2.25. The summed E-state index contributed by atoms with van der Waals surface area (Å²) in [5.74, 6) is 0.257. The van der Waals surface area contributed by atoms with Crippen LogP contribution in [0.2, 0.25) is 0 Å². The lowest BCUT2D eigenvalue weighted by Gasteiger charge is -2.16. The molecule has 10 heteroatoms. The number of amides is 1. The second kappa shape index (κ2) is 9.62. The SMILES string of the molecule is NC(=O)c1cc(OCCN2CCCC2)cc2c(NCc3ccc(C(F)(F)F)cc3)ncnc12. The van der Waals surface area contributed by atoms with Gasteiger partial charge in [-0.25, -0.2) is 9.97 Å². The highest BCUT2D eigenvalue weighted by Gasteiger charge is 2.29. The zero-order valence-electron chi connectivity index (χ0n) is 17.9. The molecule has 7 nitrogen and oxygen atoms in total. The quantitative estimate of drug-likeness (QED) is 0.532. The smallest absolute Gasteiger partial charge is 0.416 e. The number of anilines is 1. The fourth-order valence-corrected chi connectivity index (χ4v) is 3.85. The molecule has 0 atom stereocenters. The summed E-state index contributed by atoms with van der Waals surface area (Å²) in [7, 11) is 0. The van der Waals surface area contributed by atoms with Crippen LogP contribution in [0.15, 0.2) is 42.7 Å². The van der Waals surface area contributed by atoms with Crippen LogP contribution < -0.4 is 15.8 Å². The highest BCUT2D eigenvalue weighted by Crippen LogP contribution is 2.30. The van der Waals surface area contributed by atoms with Crippen molar-refractivity contribution >= 4 is 22.6 Å². The van der Waals surface area contributed by atoms with Gasteiger partial charge in [0.2, 0.25) is 0 Å². The second-order valence-corrected chi connectivity index (χ2v) is 7.90. The Morgan fingerprint density at radius 1 is 1.12 bits per heavy atom. The molecule has 1 aliphatic heterocycles. The van der Waals surface area contributed by atoms with E-state index in [0.717, 1.165) is 31.8 Å². The van der Waals surface area contributed by atoms with Crippen LogP contribution in [0.1, 0.15) is 34.3 Å². The minimum absolute atomic E-state index is 0.212. The highest BCUT2D eigenvalue weighted by atomic mass is 19.4. The van der Waals surface area contributed by atoms with Crippen molar-refractivity contribution in [3.8, 4) is 5.75 Å². The average molecular weight is 459 g/mol. The molecule has 1 aliphatic rings. The first-order chi connectivity index (χ1) is 15.8. The van der Waals surface area contributed by atoms with E-state index in [9.17, 15) is 18.0 Å². The fourth-order valence-electron chi connectivity index (χ4n) is 3.85. The number of nitrogens with one attached hydrogen (secondary N) is 1. The second-order valence-electron chi connectivity index (χ2n) is 7.90. The number of nitrogens with two attached hydrogens (primary N) is 1. The molecule has 0 spiro atoms. The van der Waals surface area contributed by atoms with E-state index in [1.807, 2.05) is 0 Å². The number of rotatable bonds is 8. The van der Waals surface area contributed by atoms with Crippen molar-refractivity contribution in [3.63, 3.8) is 0 Å². The van der Waals surface area contributed by atoms with Gasteiger partial charge in [0.15, 0.2) is 0 Å². The molecule has 174 valence electrons. The molecule has 33 heavy (non-hydrogen) atoms. The molecule has 0 saturated carbocycles. The van der Waals surface area contributed by atoms with E-state index >= 15 is 0 Å². The number of primary amides is 1. The van der Waals surface area contributed by atoms with Gasteiger partial charge in [0.05, 0.1) is 16.6 Å². The maximum atomic E-state index is 12.8. The Bertz CT molecular complexity index is 1130. The number of aromatic nitrogens is 2. The predicted molar refractivity (Wildman–Crippen MR) is 118 cm³/mol. The Morgan fingerprint density at radius 3 is 2.52 bits per heavy atom. The third kappa shape index (κ3) is 5.51. The van der Waals surface area contributed by atoms with E-state index < -0.39 is 17.6 Å². The van der Waals surface area contributed by atoms with Gasteiger partial charge in [0, 0.05) is 18.5 Å². The molecular formula is C23H24F3N5O2. The topological polar surface area (TPSA) is 93.4 Å². The third-order valence-corrected chi connectivity index (χ3v) is 5.59. The van der Waals surface area contributed by atoms with Gasteiger partial charge in [-0.1, -0.05) is 12.1 Å². The number of ether oxygens (including phenoxy) is 1. The number of halogens is 3. The zero-order valence-corrected chi connectivity index (χ0v) is 17.9. The van der Waals surface area contributed by atoms with Gasteiger partial charge in [-0.15, -0.1) is 0 Å². The molecule has 2 heterocycles. The highest BCUT2D eigenvalue weighted by molar-refractivity contribution is 6.07. The summed E-state index contributed by atoms with van der Waals surface area (Å²) < 4.78 is 44.2. The van der Waals surface area contributed by atoms with Crippen LogP contribution in [-0.2, 0) is 12.7 Å². The molecule has 1 amide bonds. The first-order valence-electron chi connectivity index (χ1n) is 10.6. The number of alkyl halides is 3. The molecule has 0 aliphatic carbocycles. The third-order valence-electron chi connectivity index (χ3n) is 5.59. The van der Waals surface area contributed by atoms with Gasteiger partial charge in [0.1, 0.15) is 24.5 Å². The monoisotopic (exact) mass is 459 g/mol. The van der Waals surface area contributed by atoms with Crippen LogP contribution in [0.4, 0.5) is 19.0 Å². The van der Waals surface area contributed by atoms with Crippen molar-refractivity contribution in [1.29, 1.82) is 0 Å². The van der Waals surface area contributed by atoms with Crippen molar-refractivity contribution in [2.24, 2.45) is 5.73 Å². The Hall–Kier alpha value is -3.40. The van der Waals surface area contributed by atoms with Gasteiger partial charge in [-0.2, -0.15) is 13.2 Å². The summed E-state index contributed by atoms with van der Waals surface area (Å²) in [5.41, 5.74) is 6.09. The lowest BCUT2D eigenvalue weighted by molar-refractivity contribution is -0.137. The van der Waals surface area contributed by atoms with Crippen LogP contribution in [0.3, 0.4) is 0 Å². The minimum Gasteiger partial charge on any atom is -0.492 e. The molecule has 3 N–H and O–H groups in total. The number of hydrogen-bond acceptors (Lipinski definition) is 6. The molecule has 1 aromatic heterocycles. The van der Waals surface area contributed by atoms with Crippen LogP contribution in [0.5, 0.6) is 5.75 Å². The molecule has 0 radical (unpaired) electrons. The van der Waals surface area contributed by atoms with Crippen molar-refractivity contribution in [3.05, 3.63) is 59.4 Å². The Balaban J connectivity index is 1.54. The van der Waals surface area contributed by atoms with E-state index in [0.29, 0.717) is 34.6 Å². The molecule has 3 aromatic rings. The normalized spacial score (nSPS) is 14.5. The fraction of sp³-hybridized carbons (Fsp3) is 0.348. The zero-order chi connectivity index (χ0) is 23.4. The molecular weight excluding hydrogens is 435 g/mol. The van der Waals surface area contributed by atoms with E-state index in [2.05, 4.69) is 20.2 Å². The van der Waals surface area contributed by atoms with Crippen molar-refractivity contribution in [2.45, 2.75) is 25.6 Å². The lowest BCUT2D eigenvalue weighted by atomic mass is 10.1. The summed E-state index contributed by atoms with van der Waals surface area (Å²) >= 11 is 0. The van der Waals surface area contributed by atoms with Gasteiger partial charge < -0.3 is 15.8 Å². The van der Waals surface area contributed by atoms with Crippen molar-refractivity contribution in [1.82, 2.24) is 14.9 Å². The number of carbonyl (C=O) groups excluding carboxylic acids is 1. The molecule has 0 unspecified atom stereocenters. The maximum Gasteiger partial charge on any atom is 0.416 e. The molecule has 1 saturated heterocycles. The minimum atomic E-state index is -4.38. The van der Waals surface area contributed by atoms with Crippen LogP contribution in [0.25, 0.3) is 10.9 Å². The van der Waals surface area contributed by atoms with Crippen LogP contribution in [-0.4, -0.2) is 47.0 Å². The van der Waals surface area contributed by atoms with Gasteiger partial charge >= 0.3 is 6.18 Å². The molecule has 2 aromatic carbocycles. The average Bonchev–Trinajstić information content (AvgIpc) is 3.30. The summed E-state index contributed by atoms with van der Waals surface area (Å²) in [6, 6.07) is 8.18. The Morgan fingerprint density at radius 2 is 1.85 bits per heavy atom. The van der Waals surface area contributed by atoms with Gasteiger partial charge in [-0.3, -0.25) is 9.69 Å². The molecule has 0 bridgehead atoms. The maximum absolute atomic E-state index is 12.8. The van der Waals surface area contributed by atoms with E-state index in [-0.39, 0.29) is 12.1 Å². The first-order valence-corrected chi connectivity index (χ1v) is 10.6. The summed E-state index contributed by atoms with van der Waals surface area (Å²) in [5, 5.41) is 3.65. The van der Waals surface area contributed by atoms with Crippen molar-refractivity contribution < 1.29 is 22.7 Å². The van der Waals surface area contributed by atoms with E-state index in [4.69, 9.17) is 10.5 Å². The standard InChI is InChI=1S/C23H24F3N5O2/c24-23(25,26)16-5-3-15(4-6-16)13-28-22-19-12-17(33-10-9-31-7-1-2-8-31)11-18(21(27)32)20(19)29-14-30-22/h3-6,11-12,14H,1-2,7-10,13H2,(H2,27,32)(H,28,29,30). The molecule has 1 fully saturated rings. The van der Waals surface area contributed by atoms with Crippen LogP contribution >= 0.6 is 0 Å². The Labute approximate surface area is 188 Å². The largest absolute Gasteiger partial charge is 0.492 e. The number of fused-ring (bicyclic) bond motifs is 1. The number of carbonyl (C=O) groups is 1. The summed E-state index contributed by atoms with van der Waals surface area (Å²) in [6.45, 7) is 3.59. The van der Waals surface area contributed by atoms with E-state index in [1.165, 1.54) is 31.3 Å². The first kappa shape index (κ1) is 22.8. The van der Waals surface area contributed by atoms with Crippen molar-refractivity contribution in [2.75, 3.05) is 31.6 Å².